The van der Waals surface area contributed by atoms with Gasteiger partial charge in [0.05, 0.1) is 6.54 Å². The summed E-state index contributed by atoms with van der Waals surface area (Å²) in [5.41, 5.74) is 0.888. The molecule has 2 rings (SSSR count). The van der Waals surface area contributed by atoms with E-state index in [2.05, 4.69) is 21.7 Å². The molecule has 0 spiro atoms. The second kappa shape index (κ2) is 8.91. The molecule has 1 aromatic heterocycles. The summed E-state index contributed by atoms with van der Waals surface area (Å²) < 4.78 is 13.0. The molecule has 0 fully saturated rings. The van der Waals surface area contributed by atoms with Crippen molar-refractivity contribution in [3.05, 3.63) is 58.0 Å². The van der Waals surface area contributed by atoms with Gasteiger partial charge in [0.15, 0.2) is 5.96 Å². The minimum absolute atomic E-state index is 0. The highest BCUT2D eigenvalue weighted by atomic mass is 127. The van der Waals surface area contributed by atoms with Crippen molar-refractivity contribution >= 4 is 41.3 Å². The highest BCUT2D eigenvalue weighted by Gasteiger charge is 2.00. The van der Waals surface area contributed by atoms with E-state index >= 15 is 0 Å². The van der Waals surface area contributed by atoms with Crippen LogP contribution in [-0.2, 0) is 13.1 Å². The highest BCUT2D eigenvalue weighted by molar-refractivity contribution is 14.0. The number of rotatable bonds is 4. The third-order valence-corrected chi connectivity index (χ3v) is 3.46. The van der Waals surface area contributed by atoms with E-state index in [-0.39, 0.29) is 29.8 Å². The third-order valence-electron chi connectivity index (χ3n) is 2.58. The molecular formula is C14H17FIN3S. The van der Waals surface area contributed by atoms with Crippen molar-refractivity contribution < 1.29 is 4.39 Å². The van der Waals surface area contributed by atoms with Crippen LogP contribution in [0.4, 0.5) is 4.39 Å². The lowest BCUT2D eigenvalue weighted by atomic mass is 10.2. The number of aliphatic imine (C=N–C) groups is 1. The number of nitrogens with one attached hydrogen (secondary N) is 2. The summed E-state index contributed by atoms with van der Waals surface area (Å²) in [7, 11) is 1.72. The van der Waals surface area contributed by atoms with Gasteiger partial charge in [-0.1, -0.05) is 18.2 Å². The zero-order valence-corrected chi connectivity index (χ0v) is 14.2. The lowest BCUT2D eigenvalue weighted by molar-refractivity contribution is 0.624. The molecule has 0 unspecified atom stereocenters. The first-order chi connectivity index (χ1) is 9.28. The van der Waals surface area contributed by atoms with E-state index in [4.69, 9.17) is 0 Å². The number of halogens is 2. The SMILES string of the molecule is CN=C(NCc1cccc(F)c1)NCc1cccs1.I. The molecule has 0 amide bonds. The predicted octanol–water partition coefficient (Wildman–Crippen LogP) is 3.37. The molecule has 1 aromatic carbocycles. The minimum atomic E-state index is -0.221. The molecule has 0 saturated heterocycles. The molecular weight excluding hydrogens is 388 g/mol. The van der Waals surface area contributed by atoms with Crippen LogP contribution in [0.25, 0.3) is 0 Å². The van der Waals surface area contributed by atoms with E-state index in [9.17, 15) is 4.39 Å². The molecule has 1 heterocycles. The largest absolute Gasteiger partial charge is 0.352 e. The molecule has 0 saturated carbocycles. The van der Waals surface area contributed by atoms with Crippen molar-refractivity contribution in [2.45, 2.75) is 13.1 Å². The maximum Gasteiger partial charge on any atom is 0.191 e. The number of hydrogen-bond donors (Lipinski definition) is 2. The first-order valence-electron chi connectivity index (χ1n) is 5.99. The molecule has 3 nitrogen and oxygen atoms in total. The Hall–Kier alpha value is -1.15. The van der Waals surface area contributed by atoms with Gasteiger partial charge in [0.1, 0.15) is 5.82 Å². The topological polar surface area (TPSA) is 36.4 Å². The maximum atomic E-state index is 13.0. The van der Waals surface area contributed by atoms with Crippen LogP contribution in [0.15, 0.2) is 46.8 Å². The van der Waals surface area contributed by atoms with Gasteiger partial charge in [-0.05, 0) is 29.1 Å². The van der Waals surface area contributed by atoms with E-state index in [0.717, 1.165) is 12.1 Å². The van der Waals surface area contributed by atoms with Crippen molar-refractivity contribution in [2.24, 2.45) is 4.99 Å². The molecule has 0 aliphatic carbocycles. The third kappa shape index (κ3) is 5.46. The van der Waals surface area contributed by atoms with E-state index in [1.807, 2.05) is 17.5 Å². The van der Waals surface area contributed by atoms with Crippen molar-refractivity contribution in [1.29, 1.82) is 0 Å². The average molecular weight is 405 g/mol. The van der Waals surface area contributed by atoms with Crippen molar-refractivity contribution in [1.82, 2.24) is 10.6 Å². The molecule has 0 aliphatic heterocycles. The monoisotopic (exact) mass is 405 g/mol. The van der Waals surface area contributed by atoms with Crippen LogP contribution in [0, 0.1) is 5.82 Å². The molecule has 2 N–H and O–H groups in total. The van der Waals surface area contributed by atoms with E-state index in [1.165, 1.54) is 17.0 Å². The highest BCUT2D eigenvalue weighted by Crippen LogP contribution is 2.07. The van der Waals surface area contributed by atoms with Gasteiger partial charge in [-0.2, -0.15) is 0 Å². The molecule has 0 atom stereocenters. The number of guanidine groups is 1. The summed E-state index contributed by atoms with van der Waals surface area (Å²) in [4.78, 5) is 5.37. The lowest BCUT2D eigenvalue weighted by Gasteiger charge is -2.11. The van der Waals surface area contributed by atoms with Crippen molar-refractivity contribution in [2.75, 3.05) is 7.05 Å². The normalized spacial score (nSPS) is 10.8. The summed E-state index contributed by atoms with van der Waals surface area (Å²) in [6.07, 6.45) is 0. The number of thiophene rings is 1. The molecule has 0 bridgehead atoms. The van der Waals surface area contributed by atoms with Gasteiger partial charge in [0, 0.05) is 18.5 Å². The van der Waals surface area contributed by atoms with Crippen LogP contribution in [0.5, 0.6) is 0 Å². The first-order valence-corrected chi connectivity index (χ1v) is 6.87. The summed E-state index contributed by atoms with van der Waals surface area (Å²) >= 11 is 1.70. The van der Waals surface area contributed by atoms with Crippen LogP contribution >= 0.6 is 35.3 Å². The quantitative estimate of drug-likeness (QED) is 0.465. The summed E-state index contributed by atoms with van der Waals surface area (Å²) in [6.45, 7) is 1.28. The molecule has 6 heteroatoms. The second-order valence-corrected chi connectivity index (χ2v) is 5.02. The number of benzene rings is 1. The van der Waals surface area contributed by atoms with Gasteiger partial charge < -0.3 is 10.6 Å². The Labute approximate surface area is 139 Å². The van der Waals surface area contributed by atoms with Gasteiger partial charge >= 0.3 is 0 Å². The Morgan fingerprint density at radius 1 is 1.20 bits per heavy atom. The summed E-state index contributed by atoms with van der Waals surface area (Å²) in [5, 5.41) is 8.41. The Balaban J connectivity index is 0.00000200. The van der Waals surface area contributed by atoms with Gasteiger partial charge in [0.25, 0.3) is 0 Å². The zero-order chi connectivity index (χ0) is 13.5. The van der Waals surface area contributed by atoms with Crippen LogP contribution < -0.4 is 10.6 Å². The lowest BCUT2D eigenvalue weighted by Crippen LogP contribution is -2.36. The first kappa shape index (κ1) is 16.9. The Bertz CT molecular complexity index is 543. The average Bonchev–Trinajstić information content (AvgIpc) is 2.92. The molecule has 0 aliphatic rings. The standard InChI is InChI=1S/C14H16FN3S.HI/c1-16-14(18-10-13-6-3-7-19-13)17-9-11-4-2-5-12(15)8-11;/h2-8H,9-10H2,1H3,(H2,16,17,18);1H. The fraction of sp³-hybridized carbons (Fsp3) is 0.214. The Morgan fingerprint density at radius 2 is 2.00 bits per heavy atom. The van der Waals surface area contributed by atoms with Crippen LogP contribution in [0.3, 0.4) is 0 Å². The van der Waals surface area contributed by atoms with Gasteiger partial charge in [0.2, 0.25) is 0 Å². The fourth-order valence-electron chi connectivity index (χ4n) is 1.64. The molecule has 20 heavy (non-hydrogen) atoms. The van der Waals surface area contributed by atoms with Crippen LogP contribution in [0.1, 0.15) is 10.4 Å². The molecule has 0 radical (unpaired) electrons. The van der Waals surface area contributed by atoms with Gasteiger partial charge in [-0.15, -0.1) is 35.3 Å². The van der Waals surface area contributed by atoms with Gasteiger partial charge in [-0.25, -0.2) is 4.39 Å². The number of hydrogen-bond acceptors (Lipinski definition) is 2. The van der Waals surface area contributed by atoms with Crippen molar-refractivity contribution in [3.8, 4) is 0 Å². The Morgan fingerprint density at radius 3 is 2.65 bits per heavy atom. The molecule has 108 valence electrons. The van der Waals surface area contributed by atoms with Crippen LogP contribution in [-0.4, -0.2) is 13.0 Å². The fourth-order valence-corrected chi connectivity index (χ4v) is 2.28. The van der Waals surface area contributed by atoms with E-state index in [0.29, 0.717) is 12.5 Å². The van der Waals surface area contributed by atoms with E-state index in [1.54, 1.807) is 24.5 Å². The van der Waals surface area contributed by atoms with Crippen LogP contribution in [0.2, 0.25) is 0 Å². The maximum absolute atomic E-state index is 13.0. The zero-order valence-electron chi connectivity index (χ0n) is 11.1. The Kier molecular flexibility index (Phi) is 7.53. The second-order valence-electron chi connectivity index (χ2n) is 3.99. The molecule has 2 aromatic rings. The number of nitrogens with zero attached hydrogens (tertiary/aromatic N) is 1. The predicted molar refractivity (Wildman–Crippen MR) is 93.2 cm³/mol. The summed E-state index contributed by atoms with van der Waals surface area (Å²) in [6, 6.07) is 10.6. The van der Waals surface area contributed by atoms with E-state index < -0.39 is 0 Å². The van der Waals surface area contributed by atoms with Gasteiger partial charge in [-0.3, -0.25) is 4.99 Å². The summed E-state index contributed by atoms with van der Waals surface area (Å²) in [5.74, 6) is 0.485. The van der Waals surface area contributed by atoms with Crippen molar-refractivity contribution in [3.63, 3.8) is 0 Å². The smallest absolute Gasteiger partial charge is 0.191 e. The minimum Gasteiger partial charge on any atom is -0.352 e.